The van der Waals surface area contributed by atoms with E-state index in [1.165, 1.54) is 0 Å². The van der Waals surface area contributed by atoms with Gasteiger partial charge in [-0.15, -0.1) is 0 Å². The van der Waals surface area contributed by atoms with Crippen LogP contribution in [0.25, 0.3) is 0 Å². The molecule has 0 spiro atoms. The predicted octanol–water partition coefficient (Wildman–Crippen LogP) is 0.182. The molecule has 0 aromatic carbocycles. The highest BCUT2D eigenvalue weighted by molar-refractivity contribution is 5.97. The van der Waals surface area contributed by atoms with Crippen LogP contribution in [-0.4, -0.2) is 30.1 Å². The molecule has 0 aliphatic carbocycles. The van der Waals surface area contributed by atoms with Gasteiger partial charge in [-0.25, -0.2) is 4.98 Å². The Kier molecular flexibility index (Phi) is 2.82. The molecule has 1 aromatic heterocycles. The van der Waals surface area contributed by atoms with Gasteiger partial charge in [0.15, 0.2) is 5.69 Å². The third-order valence-electron chi connectivity index (χ3n) is 2.32. The van der Waals surface area contributed by atoms with Gasteiger partial charge in [-0.05, 0) is 18.6 Å². The summed E-state index contributed by atoms with van der Waals surface area (Å²) in [6.07, 6.45) is 2.40. The summed E-state index contributed by atoms with van der Waals surface area (Å²) in [5.41, 5.74) is 6.32. The van der Waals surface area contributed by atoms with Gasteiger partial charge in [-0.1, -0.05) is 0 Å². The van der Waals surface area contributed by atoms with Gasteiger partial charge in [0.05, 0.1) is 18.3 Å². The molecule has 5 heteroatoms. The SMILES string of the molecule is Nc1cccnc1C(=O)NC1CCOC1. The number of amides is 1. The summed E-state index contributed by atoms with van der Waals surface area (Å²) in [6.45, 7) is 1.27. The molecular formula is C10H13N3O2. The number of nitrogens with zero attached hydrogens (tertiary/aromatic N) is 1. The summed E-state index contributed by atoms with van der Waals surface area (Å²) < 4.78 is 5.16. The molecule has 80 valence electrons. The van der Waals surface area contributed by atoms with E-state index in [0.29, 0.717) is 18.9 Å². The van der Waals surface area contributed by atoms with Gasteiger partial charge < -0.3 is 15.8 Å². The molecule has 1 aromatic rings. The molecule has 1 unspecified atom stereocenters. The summed E-state index contributed by atoms with van der Waals surface area (Å²) in [6, 6.07) is 3.44. The van der Waals surface area contributed by atoms with Gasteiger partial charge >= 0.3 is 0 Å². The largest absolute Gasteiger partial charge is 0.397 e. The first kappa shape index (κ1) is 9.92. The van der Waals surface area contributed by atoms with Crippen LogP contribution >= 0.6 is 0 Å². The maximum Gasteiger partial charge on any atom is 0.272 e. The fourth-order valence-electron chi connectivity index (χ4n) is 1.51. The van der Waals surface area contributed by atoms with Gasteiger partial charge in [-0.2, -0.15) is 0 Å². The fourth-order valence-corrected chi connectivity index (χ4v) is 1.51. The molecule has 0 saturated carbocycles. The molecule has 1 aliphatic rings. The highest BCUT2D eigenvalue weighted by Crippen LogP contribution is 2.09. The number of aromatic nitrogens is 1. The summed E-state index contributed by atoms with van der Waals surface area (Å²) in [5.74, 6) is -0.233. The molecule has 5 nitrogen and oxygen atoms in total. The van der Waals surface area contributed by atoms with E-state index in [1.54, 1.807) is 18.3 Å². The highest BCUT2D eigenvalue weighted by Gasteiger charge is 2.20. The molecule has 1 amide bonds. The zero-order chi connectivity index (χ0) is 10.7. The first-order valence-corrected chi connectivity index (χ1v) is 4.86. The third-order valence-corrected chi connectivity index (χ3v) is 2.32. The van der Waals surface area contributed by atoms with Crippen LogP contribution in [0.2, 0.25) is 0 Å². The molecule has 1 aliphatic heterocycles. The van der Waals surface area contributed by atoms with Crippen LogP contribution in [0.1, 0.15) is 16.9 Å². The molecule has 1 atom stereocenters. The average molecular weight is 207 g/mol. The highest BCUT2D eigenvalue weighted by atomic mass is 16.5. The van der Waals surface area contributed by atoms with Crippen LogP contribution in [0.3, 0.4) is 0 Å². The second kappa shape index (κ2) is 4.27. The van der Waals surface area contributed by atoms with Crippen molar-refractivity contribution in [1.29, 1.82) is 0 Å². The number of ether oxygens (including phenoxy) is 1. The molecule has 1 fully saturated rings. The monoisotopic (exact) mass is 207 g/mol. The minimum atomic E-state index is -0.233. The average Bonchev–Trinajstić information content (AvgIpc) is 2.71. The Morgan fingerprint density at radius 1 is 1.67 bits per heavy atom. The van der Waals surface area contributed by atoms with Crippen LogP contribution in [0.5, 0.6) is 0 Å². The second-order valence-corrected chi connectivity index (χ2v) is 3.48. The van der Waals surface area contributed by atoms with Crippen molar-refractivity contribution in [3.05, 3.63) is 24.0 Å². The Morgan fingerprint density at radius 3 is 3.20 bits per heavy atom. The Labute approximate surface area is 87.6 Å². The molecule has 0 bridgehead atoms. The number of carbonyl (C=O) groups is 1. The summed E-state index contributed by atoms with van der Waals surface area (Å²) in [5, 5.41) is 2.83. The lowest BCUT2D eigenvalue weighted by molar-refractivity contribution is 0.0926. The van der Waals surface area contributed by atoms with E-state index < -0.39 is 0 Å². The van der Waals surface area contributed by atoms with Crippen molar-refractivity contribution in [1.82, 2.24) is 10.3 Å². The zero-order valence-electron chi connectivity index (χ0n) is 8.27. The van der Waals surface area contributed by atoms with Crippen molar-refractivity contribution in [2.45, 2.75) is 12.5 Å². The van der Waals surface area contributed by atoms with Crippen LogP contribution in [0, 0.1) is 0 Å². The molecular weight excluding hydrogens is 194 g/mol. The van der Waals surface area contributed by atoms with Crippen molar-refractivity contribution < 1.29 is 9.53 Å². The van der Waals surface area contributed by atoms with Gasteiger partial charge in [0.1, 0.15) is 0 Å². The first-order valence-electron chi connectivity index (χ1n) is 4.86. The molecule has 2 rings (SSSR count). The Hall–Kier alpha value is -1.62. The van der Waals surface area contributed by atoms with E-state index in [4.69, 9.17) is 10.5 Å². The molecule has 3 N–H and O–H groups in total. The minimum Gasteiger partial charge on any atom is -0.397 e. The third kappa shape index (κ3) is 2.24. The van der Waals surface area contributed by atoms with Gasteiger partial charge in [0, 0.05) is 12.8 Å². The van der Waals surface area contributed by atoms with Gasteiger partial charge in [-0.3, -0.25) is 4.79 Å². The molecule has 15 heavy (non-hydrogen) atoms. The fraction of sp³-hybridized carbons (Fsp3) is 0.400. The summed E-state index contributed by atoms with van der Waals surface area (Å²) in [4.78, 5) is 15.7. The maximum absolute atomic E-state index is 11.7. The normalized spacial score (nSPS) is 20.1. The molecule has 1 saturated heterocycles. The lowest BCUT2D eigenvalue weighted by Crippen LogP contribution is -2.35. The number of rotatable bonds is 2. The summed E-state index contributed by atoms with van der Waals surface area (Å²) in [7, 11) is 0. The van der Waals surface area contributed by atoms with Gasteiger partial charge in [0.2, 0.25) is 0 Å². The van der Waals surface area contributed by atoms with Crippen LogP contribution in [0.15, 0.2) is 18.3 Å². The molecule has 0 radical (unpaired) electrons. The number of nitrogens with one attached hydrogen (secondary N) is 1. The van der Waals surface area contributed by atoms with E-state index >= 15 is 0 Å². The topological polar surface area (TPSA) is 77.2 Å². The number of hydrogen-bond acceptors (Lipinski definition) is 4. The number of pyridine rings is 1. The van der Waals surface area contributed by atoms with E-state index in [-0.39, 0.29) is 17.6 Å². The van der Waals surface area contributed by atoms with Crippen molar-refractivity contribution in [2.75, 3.05) is 18.9 Å². The van der Waals surface area contributed by atoms with Gasteiger partial charge in [0.25, 0.3) is 5.91 Å². The van der Waals surface area contributed by atoms with E-state index in [1.807, 2.05) is 0 Å². The number of nitrogen functional groups attached to an aromatic ring is 1. The van der Waals surface area contributed by atoms with Crippen LogP contribution in [-0.2, 0) is 4.74 Å². The van der Waals surface area contributed by atoms with Crippen LogP contribution in [0.4, 0.5) is 5.69 Å². The number of anilines is 1. The van der Waals surface area contributed by atoms with Crippen molar-refractivity contribution in [3.63, 3.8) is 0 Å². The first-order chi connectivity index (χ1) is 7.27. The van der Waals surface area contributed by atoms with E-state index in [0.717, 1.165) is 6.42 Å². The second-order valence-electron chi connectivity index (χ2n) is 3.48. The molecule has 2 heterocycles. The van der Waals surface area contributed by atoms with E-state index in [2.05, 4.69) is 10.3 Å². The van der Waals surface area contributed by atoms with Crippen LogP contribution < -0.4 is 11.1 Å². The summed E-state index contributed by atoms with van der Waals surface area (Å²) >= 11 is 0. The Morgan fingerprint density at radius 2 is 2.53 bits per heavy atom. The quantitative estimate of drug-likeness (QED) is 0.725. The van der Waals surface area contributed by atoms with Crippen molar-refractivity contribution in [2.24, 2.45) is 0 Å². The Balaban J connectivity index is 2.04. The Bertz CT molecular complexity index is 361. The minimum absolute atomic E-state index is 0.0823. The van der Waals surface area contributed by atoms with Crippen molar-refractivity contribution in [3.8, 4) is 0 Å². The number of hydrogen-bond donors (Lipinski definition) is 2. The standard InChI is InChI=1S/C10H13N3O2/c11-8-2-1-4-12-9(8)10(14)13-7-3-5-15-6-7/h1-2,4,7H,3,5-6,11H2,(H,13,14). The number of carbonyl (C=O) groups excluding carboxylic acids is 1. The van der Waals surface area contributed by atoms with Crippen molar-refractivity contribution >= 4 is 11.6 Å². The smallest absolute Gasteiger partial charge is 0.272 e. The zero-order valence-corrected chi connectivity index (χ0v) is 8.27. The lowest BCUT2D eigenvalue weighted by atomic mass is 10.2. The number of nitrogens with two attached hydrogens (primary N) is 1. The maximum atomic E-state index is 11.7. The predicted molar refractivity (Wildman–Crippen MR) is 55.3 cm³/mol. The lowest BCUT2D eigenvalue weighted by Gasteiger charge is -2.10. The van der Waals surface area contributed by atoms with E-state index in [9.17, 15) is 4.79 Å².